The molecule has 3 unspecified atom stereocenters. The van der Waals surface area contributed by atoms with Gasteiger partial charge in [0.1, 0.15) is 11.8 Å². The number of nitrogens with two attached hydrogens (primary N) is 1. The second kappa shape index (κ2) is 5.85. The molecule has 1 aliphatic rings. The molecule has 3 atom stereocenters. The van der Waals surface area contributed by atoms with E-state index >= 15 is 0 Å². The van der Waals surface area contributed by atoms with Crippen molar-refractivity contribution < 1.29 is 19.1 Å². The first kappa shape index (κ1) is 15.5. The molecular formula is C16H21NO4. The van der Waals surface area contributed by atoms with Crippen molar-refractivity contribution in [3.63, 3.8) is 0 Å². The number of carbonyl (C=O) groups excluding carboxylic acids is 2. The van der Waals surface area contributed by atoms with E-state index in [9.17, 15) is 9.59 Å². The summed E-state index contributed by atoms with van der Waals surface area (Å²) in [7, 11) is 1.26. The van der Waals surface area contributed by atoms with E-state index in [1.54, 1.807) is 0 Å². The zero-order valence-electron chi connectivity index (χ0n) is 12.8. The Hall–Kier alpha value is -1.88. The highest BCUT2D eigenvalue weighted by molar-refractivity contribution is 5.88. The largest absolute Gasteiger partial charge is 0.468 e. The summed E-state index contributed by atoms with van der Waals surface area (Å²) in [4.78, 5) is 23.9. The molecule has 1 aliphatic heterocycles. The molecule has 0 amide bonds. The van der Waals surface area contributed by atoms with Gasteiger partial charge in [0.2, 0.25) is 0 Å². The minimum Gasteiger partial charge on any atom is -0.468 e. The minimum absolute atomic E-state index is 0.200. The van der Waals surface area contributed by atoms with Gasteiger partial charge in [-0.05, 0) is 17.0 Å². The van der Waals surface area contributed by atoms with Crippen LogP contribution in [0.4, 0.5) is 0 Å². The molecule has 0 saturated carbocycles. The number of esters is 2. The normalized spacial score (nSPS) is 22.5. The summed E-state index contributed by atoms with van der Waals surface area (Å²) in [5, 5.41) is 0. The van der Waals surface area contributed by atoms with Crippen molar-refractivity contribution >= 4 is 11.9 Å². The molecule has 2 rings (SSSR count). The number of hydrogen-bond acceptors (Lipinski definition) is 5. The fraction of sp³-hybridized carbons (Fsp3) is 0.500. The Morgan fingerprint density at radius 1 is 1.38 bits per heavy atom. The van der Waals surface area contributed by atoms with Gasteiger partial charge in [0.15, 0.2) is 0 Å². The van der Waals surface area contributed by atoms with Gasteiger partial charge in [0.25, 0.3) is 0 Å². The Balaban J connectivity index is 2.44. The molecule has 21 heavy (non-hydrogen) atoms. The van der Waals surface area contributed by atoms with Crippen molar-refractivity contribution in [3.05, 3.63) is 29.3 Å². The summed E-state index contributed by atoms with van der Waals surface area (Å²) in [6, 6.07) is 4.78. The zero-order valence-corrected chi connectivity index (χ0v) is 12.8. The van der Waals surface area contributed by atoms with Crippen LogP contribution in [0.5, 0.6) is 5.75 Å². The summed E-state index contributed by atoms with van der Waals surface area (Å²) in [6.07, 6.45) is 0. The molecule has 0 bridgehead atoms. The molecule has 5 nitrogen and oxygen atoms in total. The van der Waals surface area contributed by atoms with Crippen LogP contribution in [0.25, 0.3) is 0 Å². The second-order valence-electron chi connectivity index (χ2n) is 5.70. The molecule has 0 aromatic heterocycles. The summed E-state index contributed by atoms with van der Waals surface area (Å²) in [5.41, 5.74) is 7.75. The molecule has 5 heteroatoms. The maximum Gasteiger partial charge on any atom is 0.323 e. The van der Waals surface area contributed by atoms with Gasteiger partial charge in [0.05, 0.1) is 13.0 Å². The monoisotopic (exact) mass is 291 g/mol. The molecule has 0 saturated heterocycles. The third-order valence-corrected chi connectivity index (χ3v) is 4.06. The number of para-hydroxylation sites is 1. The number of methoxy groups -OCH3 is 1. The molecule has 1 aromatic carbocycles. The minimum atomic E-state index is -1.02. The number of carbonyl (C=O) groups is 2. The van der Waals surface area contributed by atoms with Crippen LogP contribution < -0.4 is 10.5 Å². The van der Waals surface area contributed by atoms with Crippen LogP contribution in [-0.2, 0) is 14.3 Å². The van der Waals surface area contributed by atoms with Crippen molar-refractivity contribution in [3.8, 4) is 5.75 Å². The fourth-order valence-corrected chi connectivity index (χ4v) is 2.81. The quantitative estimate of drug-likeness (QED) is 0.680. The Bertz CT molecular complexity index is 567. The van der Waals surface area contributed by atoms with E-state index < -0.39 is 23.9 Å². The van der Waals surface area contributed by atoms with Gasteiger partial charge in [-0.15, -0.1) is 0 Å². The highest BCUT2D eigenvalue weighted by atomic mass is 16.5. The highest BCUT2D eigenvalue weighted by Gasteiger charge is 2.43. The summed E-state index contributed by atoms with van der Waals surface area (Å²) in [5.74, 6) is -1.15. The molecule has 1 aromatic rings. The first-order valence-electron chi connectivity index (χ1n) is 7.06. The molecule has 0 radical (unpaired) electrons. The third kappa shape index (κ3) is 2.65. The molecule has 0 spiro atoms. The smallest absolute Gasteiger partial charge is 0.323 e. The Morgan fingerprint density at radius 3 is 2.62 bits per heavy atom. The van der Waals surface area contributed by atoms with Crippen LogP contribution in [0, 0.1) is 5.92 Å². The summed E-state index contributed by atoms with van der Waals surface area (Å²) < 4.78 is 10.1. The van der Waals surface area contributed by atoms with Crippen LogP contribution in [0.3, 0.4) is 0 Å². The van der Waals surface area contributed by atoms with E-state index in [2.05, 4.69) is 4.74 Å². The van der Waals surface area contributed by atoms with E-state index in [4.69, 9.17) is 10.5 Å². The van der Waals surface area contributed by atoms with E-state index in [1.807, 2.05) is 39.0 Å². The van der Waals surface area contributed by atoms with Crippen molar-refractivity contribution in [2.75, 3.05) is 7.11 Å². The number of fused-ring (bicyclic) bond motifs is 1. The lowest BCUT2D eigenvalue weighted by molar-refractivity contribution is -0.152. The van der Waals surface area contributed by atoms with E-state index in [0.29, 0.717) is 5.75 Å². The summed E-state index contributed by atoms with van der Waals surface area (Å²) >= 11 is 0. The van der Waals surface area contributed by atoms with Gasteiger partial charge in [-0.2, -0.15) is 0 Å². The van der Waals surface area contributed by atoms with Gasteiger partial charge in [0, 0.05) is 5.92 Å². The molecular weight excluding hydrogens is 270 g/mol. The third-order valence-electron chi connectivity index (χ3n) is 4.06. The Kier molecular flexibility index (Phi) is 4.32. The van der Waals surface area contributed by atoms with E-state index in [1.165, 1.54) is 7.11 Å². The average Bonchev–Trinajstić information content (AvgIpc) is 2.45. The predicted molar refractivity (Wildman–Crippen MR) is 78.1 cm³/mol. The Morgan fingerprint density at radius 2 is 2.05 bits per heavy atom. The van der Waals surface area contributed by atoms with Crippen LogP contribution in [-0.4, -0.2) is 25.1 Å². The first-order valence-corrected chi connectivity index (χ1v) is 7.06. The molecule has 2 N–H and O–H groups in total. The SMILES string of the molecule is COC(=O)C(N)C1C(=O)Oc2c(C(C)C)cccc2C1C. The molecule has 0 aliphatic carbocycles. The van der Waals surface area contributed by atoms with Crippen molar-refractivity contribution in [1.82, 2.24) is 0 Å². The van der Waals surface area contributed by atoms with Crippen LogP contribution in [0.1, 0.15) is 43.7 Å². The van der Waals surface area contributed by atoms with Crippen LogP contribution in [0.2, 0.25) is 0 Å². The van der Waals surface area contributed by atoms with Gasteiger partial charge in [-0.25, -0.2) is 0 Å². The number of ether oxygens (including phenoxy) is 2. The van der Waals surface area contributed by atoms with Crippen molar-refractivity contribution in [2.24, 2.45) is 11.7 Å². The van der Waals surface area contributed by atoms with Gasteiger partial charge in [-0.1, -0.05) is 39.0 Å². The van der Waals surface area contributed by atoms with Gasteiger partial charge in [-0.3, -0.25) is 9.59 Å². The number of benzene rings is 1. The van der Waals surface area contributed by atoms with Crippen LogP contribution >= 0.6 is 0 Å². The number of rotatable bonds is 3. The first-order chi connectivity index (χ1) is 9.88. The maximum atomic E-state index is 12.3. The van der Waals surface area contributed by atoms with Crippen LogP contribution in [0.15, 0.2) is 18.2 Å². The lowest BCUT2D eigenvalue weighted by Gasteiger charge is -2.33. The Labute approximate surface area is 124 Å². The summed E-state index contributed by atoms with van der Waals surface area (Å²) in [6.45, 7) is 5.97. The van der Waals surface area contributed by atoms with Gasteiger partial charge >= 0.3 is 11.9 Å². The maximum absolute atomic E-state index is 12.3. The molecule has 114 valence electrons. The standard InChI is InChI=1S/C16H21NO4/c1-8(2)10-6-5-7-11-9(3)12(13(17)16(19)20-4)15(18)21-14(10)11/h5-9,12-13H,17H2,1-4H3. The van der Waals surface area contributed by atoms with E-state index in [-0.39, 0.29) is 11.8 Å². The predicted octanol–water partition coefficient (Wildman–Crippen LogP) is 1.95. The highest BCUT2D eigenvalue weighted by Crippen LogP contribution is 2.42. The lowest BCUT2D eigenvalue weighted by atomic mass is 9.79. The number of hydrogen-bond donors (Lipinski definition) is 1. The topological polar surface area (TPSA) is 78.6 Å². The van der Waals surface area contributed by atoms with Gasteiger partial charge < -0.3 is 15.2 Å². The van der Waals surface area contributed by atoms with E-state index in [0.717, 1.165) is 11.1 Å². The lowest BCUT2D eigenvalue weighted by Crippen LogP contribution is -2.48. The molecule has 1 heterocycles. The fourth-order valence-electron chi connectivity index (χ4n) is 2.81. The van der Waals surface area contributed by atoms with Crippen molar-refractivity contribution in [2.45, 2.75) is 38.6 Å². The molecule has 0 fully saturated rings. The second-order valence-corrected chi connectivity index (χ2v) is 5.70. The average molecular weight is 291 g/mol. The zero-order chi connectivity index (χ0) is 15.7. The van der Waals surface area contributed by atoms with Crippen molar-refractivity contribution in [1.29, 1.82) is 0 Å².